The number of pyridine rings is 1. The van der Waals surface area contributed by atoms with Crippen LogP contribution in [0.2, 0.25) is 0 Å². The summed E-state index contributed by atoms with van der Waals surface area (Å²) in [7, 11) is 0. The molecule has 5 heteroatoms. The van der Waals surface area contributed by atoms with Crippen LogP contribution < -0.4 is 0 Å². The van der Waals surface area contributed by atoms with E-state index < -0.39 is 0 Å². The number of rotatable bonds is 2. The fraction of sp³-hybridized carbons (Fsp3) is 0.154. The van der Waals surface area contributed by atoms with Crippen molar-refractivity contribution in [3.8, 4) is 11.4 Å². The molecule has 0 unspecified atom stereocenters. The van der Waals surface area contributed by atoms with Crippen LogP contribution in [0.1, 0.15) is 6.92 Å². The quantitative estimate of drug-likeness (QED) is 0.716. The average molecular weight is 256 g/mol. The lowest BCUT2D eigenvalue weighted by Crippen LogP contribution is -1.98. The Balaban J connectivity index is 2.35. The maximum Gasteiger partial charge on any atom is 0.195 e. The Kier molecular flexibility index (Phi) is 2.68. The Morgan fingerprint density at radius 2 is 2.11 bits per heavy atom. The van der Waals surface area contributed by atoms with E-state index in [0.29, 0.717) is 4.77 Å². The molecule has 1 N–H and O–H groups in total. The van der Waals surface area contributed by atoms with Crippen molar-refractivity contribution in [3.05, 3.63) is 41.3 Å². The van der Waals surface area contributed by atoms with Gasteiger partial charge in [-0.15, -0.1) is 0 Å². The van der Waals surface area contributed by atoms with Gasteiger partial charge in [-0.25, -0.2) is 0 Å². The Morgan fingerprint density at radius 1 is 1.28 bits per heavy atom. The minimum Gasteiger partial charge on any atom is -0.300 e. The molecule has 90 valence electrons. The Bertz CT molecular complexity index is 752. The van der Waals surface area contributed by atoms with Crippen LogP contribution in [0.4, 0.5) is 0 Å². The molecule has 0 spiro atoms. The third-order valence-corrected chi connectivity index (χ3v) is 3.26. The summed E-state index contributed by atoms with van der Waals surface area (Å²) in [5, 5.41) is 8.26. The topological polar surface area (TPSA) is 46.5 Å². The summed E-state index contributed by atoms with van der Waals surface area (Å²) in [6, 6.07) is 10.1. The van der Waals surface area contributed by atoms with Crippen LogP contribution in [0.3, 0.4) is 0 Å². The molecular weight excluding hydrogens is 244 g/mol. The molecule has 18 heavy (non-hydrogen) atoms. The molecule has 0 atom stereocenters. The van der Waals surface area contributed by atoms with Crippen molar-refractivity contribution in [2.45, 2.75) is 13.5 Å². The lowest BCUT2D eigenvalue weighted by atomic mass is 10.1. The maximum absolute atomic E-state index is 5.22. The molecule has 0 amide bonds. The predicted octanol–water partition coefficient (Wildman–Crippen LogP) is 3.18. The zero-order chi connectivity index (χ0) is 12.5. The molecule has 0 saturated carbocycles. The molecule has 0 fully saturated rings. The number of aromatic amines is 1. The molecule has 2 aromatic heterocycles. The number of fused-ring (bicyclic) bond motifs is 1. The van der Waals surface area contributed by atoms with Gasteiger partial charge in [0.15, 0.2) is 10.6 Å². The second-order valence-electron chi connectivity index (χ2n) is 3.98. The zero-order valence-electron chi connectivity index (χ0n) is 9.92. The van der Waals surface area contributed by atoms with Crippen LogP contribution in [-0.4, -0.2) is 19.7 Å². The molecule has 1 aromatic carbocycles. The van der Waals surface area contributed by atoms with Crippen molar-refractivity contribution >= 4 is 23.1 Å². The molecular formula is C13H12N4S. The van der Waals surface area contributed by atoms with E-state index >= 15 is 0 Å². The third-order valence-electron chi connectivity index (χ3n) is 2.95. The van der Waals surface area contributed by atoms with Crippen molar-refractivity contribution in [1.29, 1.82) is 0 Å². The van der Waals surface area contributed by atoms with Crippen molar-refractivity contribution in [2.75, 3.05) is 0 Å². The Hall–Kier alpha value is -2.01. The first-order valence-electron chi connectivity index (χ1n) is 5.80. The van der Waals surface area contributed by atoms with E-state index in [9.17, 15) is 0 Å². The summed E-state index contributed by atoms with van der Waals surface area (Å²) >= 11 is 5.22. The highest BCUT2D eigenvalue weighted by Gasteiger charge is 2.11. The van der Waals surface area contributed by atoms with E-state index in [2.05, 4.69) is 15.2 Å². The summed E-state index contributed by atoms with van der Waals surface area (Å²) in [6.07, 6.45) is 1.80. The minimum atomic E-state index is 0.639. The SMILES string of the molecule is CCn1c(-c2cccc3cccnc23)n[nH]c1=S. The van der Waals surface area contributed by atoms with Gasteiger partial charge in [-0.2, -0.15) is 5.10 Å². The van der Waals surface area contributed by atoms with Gasteiger partial charge in [-0.1, -0.05) is 18.2 Å². The normalized spacial score (nSPS) is 10.9. The second-order valence-corrected chi connectivity index (χ2v) is 4.36. The van der Waals surface area contributed by atoms with E-state index in [4.69, 9.17) is 12.2 Å². The maximum atomic E-state index is 5.22. The molecule has 3 aromatic rings. The molecule has 0 aliphatic rings. The van der Waals surface area contributed by atoms with Gasteiger partial charge in [0, 0.05) is 23.7 Å². The molecule has 0 aliphatic carbocycles. The van der Waals surface area contributed by atoms with Gasteiger partial charge in [0.2, 0.25) is 0 Å². The van der Waals surface area contributed by atoms with Gasteiger partial charge < -0.3 is 4.57 Å². The number of para-hydroxylation sites is 1. The highest BCUT2D eigenvalue weighted by molar-refractivity contribution is 7.71. The minimum absolute atomic E-state index is 0.639. The van der Waals surface area contributed by atoms with Gasteiger partial charge in [-0.3, -0.25) is 10.1 Å². The first-order chi connectivity index (χ1) is 8.81. The number of nitrogens with zero attached hydrogens (tertiary/aromatic N) is 3. The predicted molar refractivity (Wildman–Crippen MR) is 73.8 cm³/mol. The summed E-state index contributed by atoms with van der Waals surface area (Å²) in [5.74, 6) is 0.840. The van der Waals surface area contributed by atoms with Crippen LogP contribution in [0, 0.1) is 4.77 Å². The fourth-order valence-electron chi connectivity index (χ4n) is 2.10. The lowest BCUT2D eigenvalue weighted by Gasteiger charge is -2.06. The number of hydrogen-bond donors (Lipinski definition) is 1. The van der Waals surface area contributed by atoms with E-state index in [1.807, 2.05) is 41.8 Å². The van der Waals surface area contributed by atoms with E-state index in [0.717, 1.165) is 28.8 Å². The Morgan fingerprint density at radius 3 is 2.94 bits per heavy atom. The highest BCUT2D eigenvalue weighted by atomic mass is 32.1. The van der Waals surface area contributed by atoms with Gasteiger partial charge >= 0.3 is 0 Å². The molecule has 0 saturated heterocycles. The number of nitrogens with one attached hydrogen (secondary N) is 1. The molecule has 4 nitrogen and oxygen atoms in total. The van der Waals surface area contributed by atoms with Crippen LogP contribution >= 0.6 is 12.2 Å². The molecule has 2 heterocycles. The fourth-order valence-corrected chi connectivity index (χ4v) is 2.36. The van der Waals surface area contributed by atoms with Crippen LogP contribution in [0.5, 0.6) is 0 Å². The summed E-state index contributed by atoms with van der Waals surface area (Å²) in [6.45, 7) is 2.83. The molecule has 0 radical (unpaired) electrons. The smallest absolute Gasteiger partial charge is 0.195 e. The average Bonchev–Trinajstić information content (AvgIpc) is 2.79. The monoisotopic (exact) mass is 256 g/mol. The van der Waals surface area contributed by atoms with Crippen molar-refractivity contribution in [3.63, 3.8) is 0 Å². The van der Waals surface area contributed by atoms with Crippen molar-refractivity contribution in [1.82, 2.24) is 19.7 Å². The summed E-state index contributed by atoms with van der Waals surface area (Å²) < 4.78 is 2.61. The van der Waals surface area contributed by atoms with Crippen LogP contribution in [-0.2, 0) is 6.54 Å². The number of benzene rings is 1. The van der Waals surface area contributed by atoms with Crippen molar-refractivity contribution in [2.24, 2.45) is 0 Å². The van der Waals surface area contributed by atoms with Crippen molar-refractivity contribution < 1.29 is 0 Å². The van der Waals surface area contributed by atoms with E-state index in [1.165, 1.54) is 0 Å². The standard InChI is InChI=1S/C13H12N4S/c1-2-17-12(15-16-13(17)18)10-7-3-5-9-6-4-8-14-11(9)10/h3-8H,2H2,1H3,(H,16,18). The van der Waals surface area contributed by atoms with Gasteiger partial charge in [-0.05, 0) is 31.3 Å². The van der Waals surface area contributed by atoms with Gasteiger partial charge in [0.05, 0.1) is 5.52 Å². The number of aromatic nitrogens is 4. The highest BCUT2D eigenvalue weighted by Crippen LogP contribution is 2.25. The number of hydrogen-bond acceptors (Lipinski definition) is 3. The number of H-pyrrole nitrogens is 1. The van der Waals surface area contributed by atoms with Gasteiger partial charge in [0.25, 0.3) is 0 Å². The van der Waals surface area contributed by atoms with E-state index in [1.54, 1.807) is 6.20 Å². The molecule has 0 aliphatic heterocycles. The largest absolute Gasteiger partial charge is 0.300 e. The molecule has 3 rings (SSSR count). The molecule has 0 bridgehead atoms. The van der Waals surface area contributed by atoms with Crippen LogP contribution in [0.15, 0.2) is 36.5 Å². The van der Waals surface area contributed by atoms with Gasteiger partial charge in [0.1, 0.15) is 0 Å². The summed E-state index contributed by atoms with van der Waals surface area (Å²) in [5.41, 5.74) is 1.95. The first kappa shape index (κ1) is 11.1. The summed E-state index contributed by atoms with van der Waals surface area (Å²) in [4.78, 5) is 4.44. The first-order valence-corrected chi connectivity index (χ1v) is 6.21. The Labute approximate surface area is 109 Å². The lowest BCUT2D eigenvalue weighted by molar-refractivity contribution is 0.756. The second kappa shape index (κ2) is 4.34. The third kappa shape index (κ3) is 1.64. The van der Waals surface area contributed by atoms with E-state index in [-0.39, 0.29) is 0 Å². The zero-order valence-corrected chi connectivity index (χ0v) is 10.7. The van der Waals surface area contributed by atoms with Crippen LogP contribution in [0.25, 0.3) is 22.3 Å².